The number of carbonyl (C=O) groups is 1. The van der Waals surface area contributed by atoms with Crippen LogP contribution in [0.4, 0.5) is 17.5 Å². The highest BCUT2D eigenvalue weighted by Gasteiger charge is 2.27. The predicted octanol–water partition coefficient (Wildman–Crippen LogP) is 1.17. The average Bonchev–Trinajstić information content (AvgIpc) is 2.91. The van der Waals surface area contributed by atoms with Gasteiger partial charge in [-0.15, -0.1) is 0 Å². The van der Waals surface area contributed by atoms with Gasteiger partial charge < -0.3 is 21.3 Å². The molecule has 3 rings (SSSR count). The van der Waals surface area contributed by atoms with Gasteiger partial charge in [0.1, 0.15) is 11.4 Å². The molecular formula is C16H20N6O. The molecule has 23 heavy (non-hydrogen) atoms. The molecule has 0 unspecified atom stereocenters. The van der Waals surface area contributed by atoms with Gasteiger partial charge in [-0.1, -0.05) is 17.7 Å². The van der Waals surface area contributed by atoms with Crippen molar-refractivity contribution in [3.63, 3.8) is 0 Å². The topological polar surface area (TPSA) is 96.2 Å². The lowest BCUT2D eigenvalue weighted by molar-refractivity contribution is 0.0966. The Morgan fingerprint density at radius 3 is 2.74 bits per heavy atom. The molecule has 1 aliphatic rings. The highest BCUT2D eigenvalue weighted by atomic mass is 16.2. The fourth-order valence-corrected chi connectivity index (χ4v) is 2.44. The Hall–Kier alpha value is -2.67. The summed E-state index contributed by atoms with van der Waals surface area (Å²) in [5, 5.41) is 6.02. The van der Waals surface area contributed by atoms with Gasteiger partial charge in [0.15, 0.2) is 0 Å². The number of fused-ring (bicyclic) bond motifs is 1. The molecular weight excluding hydrogens is 292 g/mol. The van der Waals surface area contributed by atoms with E-state index in [1.807, 2.05) is 43.1 Å². The second-order valence-electron chi connectivity index (χ2n) is 5.58. The van der Waals surface area contributed by atoms with Crippen LogP contribution in [0.3, 0.4) is 0 Å². The van der Waals surface area contributed by atoms with E-state index in [0.29, 0.717) is 42.7 Å². The molecule has 0 aliphatic carbocycles. The first-order chi connectivity index (χ1) is 11.1. The van der Waals surface area contributed by atoms with E-state index >= 15 is 0 Å². The van der Waals surface area contributed by atoms with Crippen LogP contribution in [-0.4, -0.2) is 36.0 Å². The first-order valence-corrected chi connectivity index (χ1v) is 7.52. The van der Waals surface area contributed by atoms with Gasteiger partial charge >= 0.3 is 0 Å². The normalized spacial score (nSPS) is 12.7. The van der Waals surface area contributed by atoms with E-state index in [1.54, 1.807) is 0 Å². The summed E-state index contributed by atoms with van der Waals surface area (Å²) in [7, 11) is 1.88. The Balaban J connectivity index is 1.99. The molecule has 0 fully saturated rings. The lowest BCUT2D eigenvalue weighted by Gasteiger charge is -2.18. The third kappa shape index (κ3) is 3.09. The lowest BCUT2D eigenvalue weighted by atomic mass is 10.2. The summed E-state index contributed by atoms with van der Waals surface area (Å²) in [6.07, 6.45) is 0. The third-order valence-corrected chi connectivity index (χ3v) is 3.74. The zero-order chi connectivity index (χ0) is 16.4. The molecule has 0 saturated carbocycles. The monoisotopic (exact) mass is 312 g/mol. The van der Waals surface area contributed by atoms with Crippen LogP contribution in [0.2, 0.25) is 0 Å². The summed E-state index contributed by atoms with van der Waals surface area (Å²) < 4.78 is 0. The van der Waals surface area contributed by atoms with Crippen molar-refractivity contribution in [1.82, 2.24) is 15.3 Å². The van der Waals surface area contributed by atoms with Crippen molar-refractivity contribution < 1.29 is 4.79 Å². The minimum atomic E-state index is -0.150. The molecule has 0 spiro atoms. The van der Waals surface area contributed by atoms with Gasteiger partial charge in [-0.3, -0.25) is 4.79 Å². The number of hydrogen-bond acceptors (Lipinski definition) is 6. The maximum atomic E-state index is 12.1. The van der Waals surface area contributed by atoms with Gasteiger partial charge in [-0.25, -0.2) is 4.98 Å². The van der Waals surface area contributed by atoms with Crippen LogP contribution >= 0.6 is 0 Å². The molecule has 0 atom stereocenters. The van der Waals surface area contributed by atoms with Crippen molar-refractivity contribution in [1.29, 1.82) is 0 Å². The molecule has 120 valence electrons. The van der Waals surface area contributed by atoms with Gasteiger partial charge in [0.05, 0.1) is 12.2 Å². The zero-order valence-corrected chi connectivity index (χ0v) is 13.3. The number of nitrogens with one attached hydrogen (secondary N) is 2. The molecule has 7 heteroatoms. The highest BCUT2D eigenvalue weighted by Crippen LogP contribution is 2.26. The van der Waals surface area contributed by atoms with Crippen LogP contribution in [0.5, 0.6) is 0 Å². The number of likely N-dealkylation sites (N-methyl/N-ethyl adjacent to an activating group) is 1. The first-order valence-electron chi connectivity index (χ1n) is 7.52. The number of rotatable bonds is 5. The molecule has 1 aliphatic heterocycles. The van der Waals surface area contributed by atoms with E-state index in [1.165, 1.54) is 5.56 Å². The van der Waals surface area contributed by atoms with Crippen molar-refractivity contribution in [3.8, 4) is 0 Å². The summed E-state index contributed by atoms with van der Waals surface area (Å²) in [5.41, 5.74) is 8.86. The number of nitrogens with two attached hydrogens (primary N) is 1. The van der Waals surface area contributed by atoms with Gasteiger partial charge in [-0.2, -0.15) is 4.98 Å². The Bertz CT molecular complexity index is 728. The number of amides is 1. The molecule has 0 saturated heterocycles. The average molecular weight is 312 g/mol. The molecule has 4 N–H and O–H groups in total. The molecule has 1 amide bonds. The fourth-order valence-electron chi connectivity index (χ4n) is 2.44. The van der Waals surface area contributed by atoms with Gasteiger partial charge in [0.2, 0.25) is 5.95 Å². The van der Waals surface area contributed by atoms with Crippen LogP contribution < -0.4 is 21.3 Å². The minimum Gasteiger partial charge on any atom is -0.346 e. The highest BCUT2D eigenvalue weighted by molar-refractivity contribution is 6.02. The van der Waals surface area contributed by atoms with Crippen LogP contribution in [0, 0.1) is 6.92 Å². The van der Waals surface area contributed by atoms with E-state index < -0.39 is 0 Å². The van der Waals surface area contributed by atoms with E-state index in [9.17, 15) is 4.79 Å². The Kier molecular flexibility index (Phi) is 4.12. The summed E-state index contributed by atoms with van der Waals surface area (Å²) in [6.45, 7) is 3.60. The van der Waals surface area contributed by atoms with Crippen molar-refractivity contribution in [2.45, 2.75) is 13.5 Å². The SMILES string of the molecule is Cc1ccc(Nc2nc(N(C)CCN)nc3c2C(=O)NC3)cc1. The van der Waals surface area contributed by atoms with E-state index in [2.05, 4.69) is 20.6 Å². The van der Waals surface area contributed by atoms with Gasteiger partial charge in [0.25, 0.3) is 5.91 Å². The Labute approximate surface area is 134 Å². The first kappa shape index (κ1) is 15.2. The number of nitrogens with zero attached hydrogens (tertiary/aromatic N) is 3. The maximum absolute atomic E-state index is 12.1. The van der Waals surface area contributed by atoms with E-state index in [4.69, 9.17) is 5.73 Å². The molecule has 0 bridgehead atoms. The Morgan fingerprint density at radius 2 is 2.04 bits per heavy atom. The van der Waals surface area contributed by atoms with E-state index in [0.717, 1.165) is 5.69 Å². The molecule has 1 aromatic heterocycles. The maximum Gasteiger partial charge on any atom is 0.257 e. The van der Waals surface area contributed by atoms with E-state index in [-0.39, 0.29) is 5.91 Å². The van der Waals surface area contributed by atoms with Gasteiger partial charge in [-0.05, 0) is 19.1 Å². The van der Waals surface area contributed by atoms with Crippen molar-refractivity contribution in [3.05, 3.63) is 41.1 Å². The van der Waals surface area contributed by atoms with Crippen molar-refractivity contribution in [2.24, 2.45) is 5.73 Å². The smallest absolute Gasteiger partial charge is 0.257 e. The molecule has 7 nitrogen and oxygen atoms in total. The summed E-state index contributed by atoms with van der Waals surface area (Å²) in [5.74, 6) is 0.927. The standard InChI is InChI=1S/C16H20N6O/c1-10-3-5-11(6-4-10)19-14-13-12(9-18-15(13)23)20-16(21-14)22(2)8-7-17/h3-6H,7-9,17H2,1-2H3,(H,18,23)(H,19,20,21). The number of aryl methyl sites for hydroxylation is 1. The summed E-state index contributed by atoms with van der Waals surface area (Å²) >= 11 is 0. The predicted molar refractivity (Wildman–Crippen MR) is 90.0 cm³/mol. The van der Waals surface area contributed by atoms with Crippen molar-refractivity contribution in [2.75, 3.05) is 30.4 Å². The quantitative estimate of drug-likeness (QED) is 0.767. The molecule has 1 aromatic carbocycles. The number of anilines is 3. The van der Waals surface area contributed by atoms with Crippen LogP contribution in [0.25, 0.3) is 0 Å². The van der Waals surface area contributed by atoms with Gasteiger partial charge in [0, 0.05) is 25.8 Å². The van der Waals surface area contributed by atoms with Crippen molar-refractivity contribution >= 4 is 23.4 Å². The fraction of sp³-hybridized carbons (Fsp3) is 0.312. The number of hydrogen-bond donors (Lipinski definition) is 3. The second kappa shape index (κ2) is 6.21. The minimum absolute atomic E-state index is 0.150. The summed E-state index contributed by atoms with van der Waals surface area (Å²) in [6, 6.07) is 7.93. The second-order valence-corrected chi connectivity index (χ2v) is 5.58. The molecule has 2 aromatic rings. The number of benzene rings is 1. The number of carbonyl (C=O) groups excluding carboxylic acids is 1. The van der Waals surface area contributed by atoms with Crippen LogP contribution in [0.15, 0.2) is 24.3 Å². The number of aromatic nitrogens is 2. The Morgan fingerprint density at radius 1 is 1.30 bits per heavy atom. The molecule has 0 radical (unpaired) electrons. The van der Waals surface area contributed by atoms with Crippen LogP contribution in [0.1, 0.15) is 21.6 Å². The van der Waals surface area contributed by atoms with Crippen LogP contribution in [-0.2, 0) is 6.54 Å². The molecule has 2 heterocycles. The zero-order valence-electron chi connectivity index (χ0n) is 13.3. The third-order valence-electron chi connectivity index (χ3n) is 3.74. The summed E-state index contributed by atoms with van der Waals surface area (Å²) in [4.78, 5) is 22.9. The largest absolute Gasteiger partial charge is 0.346 e. The lowest BCUT2D eigenvalue weighted by Crippen LogP contribution is -2.27.